The van der Waals surface area contributed by atoms with E-state index in [0.717, 1.165) is 24.8 Å². The van der Waals surface area contributed by atoms with Crippen LogP contribution in [0.25, 0.3) is 0 Å². The van der Waals surface area contributed by atoms with Crippen LogP contribution in [0.15, 0.2) is 107 Å². The molecule has 9 atom stereocenters. The highest BCUT2D eigenvalue weighted by atomic mass is 32.2. The third-order valence-corrected chi connectivity index (χ3v) is 31.0. The van der Waals surface area contributed by atoms with Crippen molar-refractivity contribution in [1.29, 1.82) is 0 Å². The first kappa shape index (κ1) is 77.3. The lowest BCUT2D eigenvalue weighted by molar-refractivity contribution is -0.154. The van der Waals surface area contributed by atoms with E-state index in [1.54, 1.807) is 88.3 Å². The van der Waals surface area contributed by atoms with Gasteiger partial charge in [0.2, 0.25) is 11.8 Å². The topological polar surface area (TPSA) is 320 Å². The molecule has 0 radical (unpaired) electrons. The van der Waals surface area contributed by atoms with E-state index in [2.05, 4.69) is 52.8 Å². The fourth-order valence-corrected chi connectivity index (χ4v) is 24.1. The van der Waals surface area contributed by atoms with Gasteiger partial charge >= 0.3 is 25.2 Å². The fraction of sp³-hybridized carbons (Fsp3) is 0.529. The van der Waals surface area contributed by atoms with Crippen molar-refractivity contribution in [3.05, 3.63) is 136 Å². The van der Waals surface area contributed by atoms with Gasteiger partial charge in [0.15, 0.2) is 17.3 Å². The number of anilines is 1. The summed E-state index contributed by atoms with van der Waals surface area (Å²) in [4.78, 5) is 80.5. The number of hydrogen-bond donors (Lipinski definition) is 2. The molecule has 12 rings (SSSR count). The molecule has 103 heavy (non-hydrogen) atoms. The van der Waals surface area contributed by atoms with Gasteiger partial charge in [-0.15, -0.1) is 0 Å². The molecule has 3 aromatic carbocycles. The second-order valence-electron chi connectivity index (χ2n) is 29.5. The predicted octanol–water partition coefficient (Wildman–Crippen LogP) is 11.9. The Morgan fingerprint density at radius 1 is 0.573 bits per heavy atom. The first-order valence-corrected chi connectivity index (χ1v) is 37.8. The van der Waals surface area contributed by atoms with Gasteiger partial charge in [0.1, 0.15) is 61.6 Å². The van der Waals surface area contributed by atoms with Crippen molar-refractivity contribution < 1.29 is 81.5 Å². The largest absolute Gasteiger partial charge is 0.460 e. The van der Waals surface area contributed by atoms with Crippen LogP contribution in [0.3, 0.4) is 0 Å². The van der Waals surface area contributed by atoms with Gasteiger partial charge in [-0.25, -0.2) is 58.8 Å². The Kier molecular flexibility index (Phi) is 20.7. The van der Waals surface area contributed by atoms with Crippen molar-refractivity contribution in [2.75, 3.05) is 25.0 Å². The molecule has 0 amide bonds. The van der Waals surface area contributed by atoms with Crippen molar-refractivity contribution in [1.82, 2.24) is 19.9 Å². The summed E-state index contributed by atoms with van der Waals surface area (Å²) in [5.41, 5.74) is 3.64. The number of amidine groups is 1. The number of Topliss-reactive ketones (excluding diaryl/α,β-unsaturated/α-hetero) is 2. The van der Waals surface area contributed by atoms with Gasteiger partial charge in [-0.05, 0) is 170 Å². The number of halogens is 7. The van der Waals surface area contributed by atoms with Crippen molar-refractivity contribution in [2.45, 2.75) is 213 Å². The molecule has 33 heteroatoms. The number of nitrogens with two attached hydrogens (primary N) is 1. The van der Waals surface area contributed by atoms with Gasteiger partial charge in [0, 0.05) is 66.3 Å². The van der Waals surface area contributed by atoms with Gasteiger partial charge < -0.3 is 30.0 Å². The summed E-state index contributed by atoms with van der Waals surface area (Å²) in [6.45, 7) is 19.4. The summed E-state index contributed by atoms with van der Waals surface area (Å²) in [5.74, 6) is -4.22. The molecule has 0 fully saturated rings. The number of carbonyl (C=O) groups is 4. The highest BCUT2D eigenvalue weighted by Crippen LogP contribution is 2.53. The average Bonchev–Trinajstić information content (AvgIpc) is 1.68. The Morgan fingerprint density at radius 2 is 0.990 bits per heavy atom. The van der Waals surface area contributed by atoms with Gasteiger partial charge in [-0.2, -0.15) is 17.6 Å². The molecule has 5 aromatic rings. The van der Waals surface area contributed by atoms with Crippen LogP contribution >= 0.6 is 0 Å². The number of nitrogens with one attached hydrogen (secondary N) is 1. The minimum atomic E-state index is -3.08. The van der Waals surface area contributed by atoms with E-state index >= 15 is 13.2 Å². The summed E-state index contributed by atoms with van der Waals surface area (Å²) >= 11 is 0. The van der Waals surface area contributed by atoms with E-state index in [-0.39, 0.29) is 54.0 Å². The number of fused-ring (bicyclic) bond motifs is 8. The SMILES string of the molecule is CC(C)(C)OC(=O)CC1=N[C@](C)(c2cc(CC(=O)c3cnc(OC(F)F)cn3)ccc2F)[C@@H]2CCN=[S@]2(=O)C1(C)C.CC1(C)C(N)=N[C@](C)(c2cc(CC(=O)c3cnc(OC(F)F)cn3)ccc2F)[C@@H]2CCN=[S@@]21=O.CC1(C)Nc2ccc(F)c(c2)[C@@]2(C)N=C(CC(=O)O1)C(C)(C)[S@@]1(=O)=NCC[C@@H]21. The molecule has 23 nitrogen and oxygen atoms in total. The second-order valence-corrected chi connectivity index (χ2v) is 38.4. The number of carbonyl (C=O) groups excluding carboxylic acids is 4. The lowest BCUT2D eigenvalue weighted by Crippen LogP contribution is -2.58. The molecule has 3 N–H and O–H groups in total. The number of aliphatic imine (C=N–C) groups is 3. The van der Waals surface area contributed by atoms with Crippen LogP contribution in [0, 0.1) is 17.5 Å². The fourth-order valence-electron chi connectivity index (χ4n) is 14.4. The van der Waals surface area contributed by atoms with E-state index in [1.165, 1.54) is 42.5 Å². The summed E-state index contributed by atoms with van der Waals surface area (Å²) in [5, 5.41) is 1.54. The van der Waals surface area contributed by atoms with Crippen molar-refractivity contribution >= 4 is 75.6 Å². The minimum Gasteiger partial charge on any atom is -0.460 e. The monoisotopic (exact) mass is 1500 g/mol. The zero-order chi connectivity index (χ0) is 75.8. The quantitative estimate of drug-likeness (QED) is 0.0592. The molecule has 556 valence electrons. The van der Waals surface area contributed by atoms with E-state index in [1.807, 2.05) is 20.8 Å². The molecule has 0 aliphatic carbocycles. The van der Waals surface area contributed by atoms with Gasteiger partial charge in [0.25, 0.3) is 0 Å². The molecular weight excluding hydrogens is 1410 g/mol. The number of aromatic nitrogens is 4. The van der Waals surface area contributed by atoms with Gasteiger partial charge in [-0.1, -0.05) is 12.1 Å². The zero-order valence-corrected chi connectivity index (χ0v) is 61.8. The summed E-state index contributed by atoms with van der Waals surface area (Å²) in [6, 6.07) is 13.0. The highest BCUT2D eigenvalue weighted by Gasteiger charge is 2.60. The van der Waals surface area contributed by atoms with Gasteiger partial charge in [-0.3, -0.25) is 34.2 Å². The van der Waals surface area contributed by atoms with Crippen LogP contribution in [0.4, 0.5) is 36.4 Å². The Labute approximate surface area is 593 Å². The summed E-state index contributed by atoms with van der Waals surface area (Å²) in [6.07, 6.45) is 4.68. The van der Waals surface area contributed by atoms with Crippen molar-refractivity contribution in [3.8, 4) is 11.8 Å². The zero-order valence-electron chi connectivity index (χ0n) is 59.4. The Balaban J connectivity index is 0.000000169. The number of ether oxygens (including phenoxy) is 4. The molecule has 4 bridgehead atoms. The molecule has 0 saturated carbocycles. The van der Waals surface area contributed by atoms with E-state index in [0.29, 0.717) is 72.7 Å². The number of ketones is 2. The number of alkyl halides is 4. The maximum Gasteiger partial charge on any atom is 0.388 e. The Bertz CT molecular complexity index is 4750. The van der Waals surface area contributed by atoms with E-state index < -0.39 is 153 Å². The van der Waals surface area contributed by atoms with Crippen LogP contribution in [-0.4, -0.2) is 148 Å². The summed E-state index contributed by atoms with van der Waals surface area (Å²) < 4.78 is 167. The Morgan fingerprint density at radius 3 is 1.43 bits per heavy atom. The third kappa shape index (κ3) is 14.5. The second kappa shape index (κ2) is 27.6. The van der Waals surface area contributed by atoms with E-state index in [9.17, 15) is 49.4 Å². The number of esters is 2. The number of nitrogens with zero attached hydrogens (tertiary/aromatic N) is 10. The molecule has 9 heterocycles. The maximum atomic E-state index is 15.5. The van der Waals surface area contributed by atoms with Crippen LogP contribution < -0.4 is 20.5 Å². The minimum absolute atomic E-state index is 0.0574. The normalized spacial score (nSPS) is 28.8. The van der Waals surface area contributed by atoms with Crippen molar-refractivity contribution in [3.63, 3.8) is 0 Å². The molecule has 2 aromatic heterocycles. The summed E-state index contributed by atoms with van der Waals surface area (Å²) in [7, 11) is -8.61. The first-order chi connectivity index (χ1) is 47.7. The third-order valence-electron chi connectivity index (χ3n) is 19.8. The maximum absolute atomic E-state index is 15.5. The molecule has 7 aliphatic heterocycles. The number of rotatable bonds is 14. The number of benzene rings is 3. The molecule has 0 unspecified atom stereocenters. The lowest BCUT2D eigenvalue weighted by Gasteiger charge is -2.46. The van der Waals surface area contributed by atoms with E-state index in [4.69, 9.17) is 25.2 Å². The standard InChI is InChI=1S/C28H33F3N4O5S.C22H24F3N5O3S.C20H26FN3O3S/c1-26(2,3)40-24(37)13-21-27(4,5)41(38)22(9-10-34-41)28(6,35-21)17-11-16(7-8-18(17)29)12-20(36)19-14-33-23(15-32-19)39-25(30)31;1-21(2)19(26)30-22(3,17-6-7-29-34(17,21)32)13-8-12(4-5-14(13)23)9-16(31)15-10-28-18(11-27-15)33-20(24)25;1-18(2)15-11-17(25)27-19(3,4)23-12-6-7-14(21)13(10-12)20(5,24-15)16-8-9-22-28(16,18)26/h7-8,11,14-15,22,25H,9-10,12-13H2,1-6H3;4-5,8,10-11,17,20H,6-7,9H2,1-3H3,(H2,26,30);6-7,10,16,23H,8-9,11H2,1-5H3/t22-,28+,41+;17-,22+,34+;16-,20+,28+/m000/s1. The Hall–Kier alpha value is -8.33. The van der Waals surface area contributed by atoms with Gasteiger partial charge in [0.05, 0.1) is 92.1 Å². The van der Waals surface area contributed by atoms with Crippen LogP contribution in [-0.2, 0) is 77.7 Å². The molecule has 0 saturated heterocycles. The molecule has 0 spiro atoms. The van der Waals surface area contributed by atoms with Crippen LogP contribution in [0.1, 0.15) is 178 Å². The van der Waals surface area contributed by atoms with Crippen LogP contribution in [0.5, 0.6) is 11.8 Å². The smallest absolute Gasteiger partial charge is 0.388 e. The van der Waals surface area contributed by atoms with Crippen LogP contribution in [0.2, 0.25) is 0 Å². The average molecular weight is 1500 g/mol. The number of cyclic esters (lactones) is 1. The predicted molar refractivity (Wildman–Crippen MR) is 374 cm³/mol. The number of hydrogen-bond acceptors (Lipinski definition) is 23. The lowest BCUT2D eigenvalue weighted by atomic mass is 9.84. The highest BCUT2D eigenvalue weighted by molar-refractivity contribution is 7.97. The molecular formula is C70H83F7N12O11S3. The molecule has 7 aliphatic rings. The first-order valence-electron chi connectivity index (χ1n) is 33.1. The van der Waals surface area contributed by atoms with Crippen molar-refractivity contribution in [2.24, 2.45) is 33.8 Å².